The summed E-state index contributed by atoms with van der Waals surface area (Å²) in [5.41, 5.74) is 6.51. The average molecular weight is 266 g/mol. The summed E-state index contributed by atoms with van der Waals surface area (Å²) in [5, 5.41) is 9.67. The van der Waals surface area contributed by atoms with Crippen LogP contribution >= 0.6 is 0 Å². The van der Waals surface area contributed by atoms with Crippen molar-refractivity contribution in [3.8, 4) is 5.75 Å². The van der Waals surface area contributed by atoms with E-state index in [2.05, 4.69) is 4.74 Å². The van der Waals surface area contributed by atoms with Crippen molar-refractivity contribution >= 4 is 11.9 Å². The average Bonchev–Trinajstić information content (AvgIpc) is 2.38. The fourth-order valence-corrected chi connectivity index (χ4v) is 1.61. The number of ether oxygens (including phenoxy) is 1. The maximum atomic E-state index is 11.8. The fraction of sp³-hybridized carbons (Fsp3) is 0.385. The molecule has 0 radical (unpaired) electrons. The van der Waals surface area contributed by atoms with Crippen LogP contribution in [0.2, 0.25) is 0 Å². The fourth-order valence-electron chi connectivity index (χ4n) is 1.61. The van der Waals surface area contributed by atoms with Crippen LogP contribution in [0.4, 0.5) is 0 Å². The first-order chi connectivity index (χ1) is 8.86. The number of aromatic hydroxyl groups is 1. The van der Waals surface area contributed by atoms with E-state index in [0.29, 0.717) is 5.56 Å². The van der Waals surface area contributed by atoms with Gasteiger partial charge in [0.05, 0.1) is 12.7 Å². The Bertz CT molecular complexity index is 486. The van der Waals surface area contributed by atoms with Crippen LogP contribution in [0.15, 0.2) is 18.2 Å². The van der Waals surface area contributed by atoms with E-state index in [1.165, 1.54) is 24.1 Å². The molecule has 0 bridgehead atoms. The van der Waals surface area contributed by atoms with Gasteiger partial charge in [-0.1, -0.05) is 6.07 Å². The Morgan fingerprint density at radius 2 is 2.05 bits per heavy atom. The largest absolute Gasteiger partial charge is 0.507 e. The molecule has 3 N–H and O–H groups in total. The topological polar surface area (TPSA) is 92.9 Å². The van der Waals surface area contributed by atoms with Gasteiger partial charge in [-0.3, -0.25) is 9.59 Å². The minimum atomic E-state index is -0.795. The summed E-state index contributed by atoms with van der Waals surface area (Å²) in [4.78, 5) is 24.4. The van der Waals surface area contributed by atoms with Gasteiger partial charge in [0.25, 0.3) is 5.91 Å². The normalized spacial score (nSPS) is 11.8. The van der Waals surface area contributed by atoms with Crippen LogP contribution in [-0.2, 0) is 16.0 Å². The third kappa shape index (κ3) is 3.69. The maximum absolute atomic E-state index is 11.8. The molecule has 1 atom stereocenters. The molecule has 0 aliphatic heterocycles. The first kappa shape index (κ1) is 15.0. The zero-order valence-electron chi connectivity index (χ0n) is 11.2. The lowest BCUT2D eigenvalue weighted by Gasteiger charge is -2.14. The molecule has 0 aliphatic carbocycles. The van der Waals surface area contributed by atoms with Crippen molar-refractivity contribution in [2.45, 2.75) is 12.5 Å². The van der Waals surface area contributed by atoms with Crippen molar-refractivity contribution in [1.82, 2.24) is 4.90 Å². The van der Waals surface area contributed by atoms with E-state index in [1.54, 1.807) is 20.2 Å². The molecule has 0 aliphatic rings. The van der Waals surface area contributed by atoms with Crippen LogP contribution in [0.25, 0.3) is 0 Å². The second-order valence-electron chi connectivity index (χ2n) is 4.38. The standard InChI is InChI=1S/C13H18N2O4/c1-15(2)12(17)9-6-8(4-5-11(9)16)7-10(14)13(18)19-3/h4-6,10,16H,7,14H2,1-3H3. The monoisotopic (exact) mass is 266 g/mol. The quantitative estimate of drug-likeness (QED) is 0.756. The van der Waals surface area contributed by atoms with E-state index in [-0.39, 0.29) is 23.6 Å². The van der Waals surface area contributed by atoms with Gasteiger partial charge < -0.3 is 20.5 Å². The van der Waals surface area contributed by atoms with Gasteiger partial charge in [0.2, 0.25) is 0 Å². The van der Waals surface area contributed by atoms with E-state index in [9.17, 15) is 14.7 Å². The highest BCUT2D eigenvalue weighted by molar-refractivity contribution is 5.96. The molecule has 0 saturated carbocycles. The maximum Gasteiger partial charge on any atom is 0.322 e. The minimum absolute atomic E-state index is 0.103. The second-order valence-corrected chi connectivity index (χ2v) is 4.38. The molecule has 104 valence electrons. The highest BCUT2D eigenvalue weighted by Gasteiger charge is 2.17. The van der Waals surface area contributed by atoms with Crippen LogP contribution in [0, 0.1) is 0 Å². The van der Waals surface area contributed by atoms with Gasteiger partial charge >= 0.3 is 5.97 Å². The van der Waals surface area contributed by atoms with Crippen molar-refractivity contribution in [2.24, 2.45) is 5.73 Å². The number of nitrogens with two attached hydrogens (primary N) is 1. The molecule has 1 rings (SSSR count). The number of amides is 1. The molecule has 1 aromatic rings. The predicted octanol–water partition coefficient (Wildman–Crippen LogP) is 0.137. The molecule has 1 aromatic carbocycles. The molecule has 1 amide bonds. The lowest BCUT2D eigenvalue weighted by Crippen LogP contribution is -2.33. The molecule has 0 spiro atoms. The Hall–Kier alpha value is -2.08. The summed E-state index contributed by atoms with van der Waals surface area (Å²) < 4.78 is 4.54. The number of hydrogen-bond acceptors (Lipinski definition) is 5. The third-order valence-electron chi connectivity index (χ3n) is 2.66. The number of carbonyl (C=O) groups is 2. The first-order valence-electron chi connectivity index (χ1n) is 5.73. The molecule has 19 heavy (non-hydrogen) atoms. The van der Waals surface area contributed by atoms with Crippen molar-refractivity contribution in [2.75, 3.05) is 21.2 Å². The Kier molecular flexibility index (Phi) is 4.88. The van der Waals surface area contributed by atoms with Gasteiger partial charge in [0.1, 0.15) is 11.8 Å². The third-order valence-corrected chi connectivity index (χ3v) is 2.66. The molecule has 0 aromatic heterocycles. The van der Waals surface area contributed by atoms with Gasteiger partial charge in [-0.2, -0.15) is 0 Å². The van der Waals surface area contributed by atoms with Gasteiger partial charge in [0.15, 0.2) is 0 Å². The molecule has 0 fully saturated rings. The number of carbonyl (C=O) groups excluding carboxylic acids is 2. The van der Waals surface area contributed by atoms with Crippen molar-refractivity contribution < 1.29 is 19.4 Å². The minimum Gasteiger partial charge on any atom is -0.507 e. The van der Waals surface area contributed by atoms with Crippen LogP contribution < -0.4 is 5.73 Å². The SMILES string of the molecule is COC(=O)C(N)Cc1ccc(O)c(C(=O)N(C)C)c1. The highest BCUT2D eigenvalue weighted by Crippen LogP contribution is 2.20. The molecular formula is C13H18N2O4. The summed E-state index contributed by atoms with van der Waals surface area (Å²) in [6.07, 6.45) is 0.237. The number of nitrogens with zero attached hydrogens (tertiary/aromatic N) is 1. The van der Waals surface area contributed by atoms with Crippen molar-refractivity contribution in [3.63, 3.8) is 0 Å². The second kappa shape index (κ2) is 6.19. The van der Waals surface area contributed by atoms with Crippen molar-refractivity contribution in [3.05, 3.63) is 29.3 Å². The van der Waals surface area contributed by atoms with E-state index in [1.807, 2.05) is 0 Å². The lowest BCUT2D eigenvalue weighted by atomic mass is 10.0. The van der Waals surface area contributed by atoms with Crippen LogP contribution in [0.3, 0.4) is 0 Å². The molecule has 0 heterocycles. The van der Waals surface area contributed by atoms with E-state index < -0.39 is 12.0 Å². The van der Waals surface area contributed by atoms with Gasteiger partial charge in [-0.15, -0.1) is 0 Å². The number of hydrogen-bond donors (Lipinski definition) is 2. The van der Waals surface area contributed by atoms with Crippen LogP contribution in [0.1, 0.15) is 15.9 Å². The van der Waals surface area contributed by atoms with Crippen molar-refractivity contribution in [1.29, 1.82) is 0 Å². The smallest absolute Gasteiger partial charge is 0.322 e. The van der Waals surface area contributed by atoms with Gasteiger partial charge in [0, 0.05) is 14.1 Å². The van der Waals surface area contributed by atoms with Gasteiger partial charge in [-0.25, -0.2) is 0 Å². The van der Waals surface area contributed by atoms with Crippen LogP contribution in [0.5, 0.6) is 5.75 Å². The summed E-state index contributed by atoms with van der Waals surface area (Å²) in [6, 6.07) is 3.76. The molecule has 0 saturated heterocycles. The van der Waals surface area contributed by atoms with E-state index in [4.69, 9.17) is 5.73 Å². The molecule has 1 unspecified atom stereocenters. The number of methoxy groups -OCH3 is 1. The zero-order valence-corrected chi connectivity index (χ0v) is 11.2. The van der Waals surface area contributed by atoms with Gasteiger partial charge in [-0.05, 0) is 24.1 Å². The zero-order chi connectivity index (χ0) is 14.6. The van der Waals surface area contributed by atoms with Crippen LogP contribution in [-0.4, -0.2) is 49.1 Å². The summed E-state index contributed by atoms with van der Waals surface area (Å²) in [7, 11) is 4.45. The van der Waals surface area contributed by atoms with E-state index in [0.717, 1.165) is 0 Å². The van der Waals surface area contributed by atoms with E-state index >= 15 is 0 Å². The number of phenols is 1. The Balaban J connectivity index is 2.96. The summed E-state index contributed by atoms with van der Waals surface area (Å²) >= 11 is 0. The summed E-state index contributed by atoms with van der Waals surface area (Å²) in [5.74, 6) is -0.936. The Morgan fingerprint density at radius 3 is 2.58 bits per heavy atom. The lowest BCUT2D eigenvalue weighted by molar-refractivity contribution is -0.142. The Labute approximate surface area is 111 Å². The highest BCUT2D eigenvalue weighted by atomic mass is 16.5. The molecule has 6 heteroatoms. The molecule has 6 nitrogen and oxygen atoms in total. The number of benzene rings is 1. The molecular weight excluding hydrogens is 248 g/mol. The summed E-state index contributed by atoms with van der Waals surface area (Å²) in [6.45, 7) is 0. The number of esters is 1. The predicted molar refractivity (Wildman–Crippen MR) is 69.8 cm³/mol. The first-order valence-corrected chi connectivity index (χ1v) is 5.73. The number of rotatable bonds is 4. The number of phenolic OH excluding ortho intramolecular Hbond substituents is 1. The Morgan fingerprint density at radius 1 is 1.42 bits per heavy atom.